The molecule has 20 heavy (non-hydrogen) atoms. The van der Waals surface area contributed by atoms with Gasteiger partial charge in [0.2, 0.25) is 0 Å². The molecule has 0 aromatic carbocycles. The van der Waals surface area contributed by atoms with Gasteiger partial charge in [-0.2, -0.15) is 0 Å². The normalized spacial score (nSPS) is 18.4. The fraction of sp³-hybridized carbons (Fsp3) is 0.733. The molecule has 0 amide bonds. The standard InChI is InChI=1S/C15H25N3O2/c1-3-18(7-4-5-8-19)15-10-14(16-12(2)17-15)13-6-9-20-11-13/h10,13,19H,3-9,11H2,1-2H3/t13-/m1/s1. The quantitative estimate of drug-likeness (QED) is 0.772. The van der Waals surface area contributed by atoms with Crippen LogP contribution < -0.4 is 4.90 Å². The Morgan fingerprint density at radius 3 is 2.90 bits per heavy atom. The molecule has 0 saturated carbocycles. The molecule has 1 aliphatic heterocycles. The van der Waals surface area contributed by atoms with Crippen LogP contribution in [0.2, 0.25) is 0 Å². The van der Waals surface area contributed by atoms with E-state index in [2.05, 4.69) is 27.9 Å². The van der Waals surface area contributed by atoms with Crippen LogP contribution in [0.5, 0.6) is 0 Å². The van der Waals surface area contributed by atoms with Gasteiger partial charge in [0, 0.05) is 38.3 Å². The lowest BCUT2D eigenvalue weighted by atomic mass is 10.0. The zero-order chi connectivity index (χ0) is 14.4. The van der Waals surface area contributed by atoms with Gasteiger partial charge in [0.15, 0.2) is 0 Å². The highest BCUT2D eigenvalue weighted by atomic mass is 16.5. The number of ether oxygens (including phenoxy) is 1. The largest absolute Gasteiger partial charge is 0.396 e. The van der Waals surface area contributed by atoms with Gasteiger partial charge in [-0.1, -0.05) is 0 Å². The summed E-state index contributed by atoms with van der Waals surface area (Å²) in [5.41, 5.74) is 1.10. The first-order valence-electron chi connectivity index (χ1n) is 7.53. The monoisotopic (exact) mass is 279 g/mol. The van der Waals surface area contributed by atoms with Gasteiger partial charge in [-0.05, 0) is 33.1 Å². The Kier molecular flexibility index (Phi) is 5.73. The summed E-state index contributed by atoms with van der Waals surface area (Å²) in [5.74, 6) is 2.23. The van der Waals surface area contributed by atoms with Crippen LogP contribution in [0.1, 0.15) is 43.6 Å². The molecule has 0 aliphatic carbocycles. The third kappa shape index (κ3) is 3.90. The summed E-state index contributed by atoms with van der Waals surface area (Å²) >= 11 is 0. The Morgan fingerprint density at radius 1 is 1.40 bits per heavy atom. The van der Waals surface area contributed by atoms with Gasteiger partial charge in [0.1, 0.15) is 11.6 Å². The Bertz CT molecular complexity index is 420. The van der Waals surface area contributed by atoms with Crippen molar-refractivity contribution in [2.45, 2.75) is 39.0 Å². The van der Waals surface area contributed by atoms with E-state index in [4.69, 9.17) is 9.84 Å². The highest BCUT2D eigenvalue weighted by Gasteiger charge is 2.21. The Balaban J connectivity index is 2.12. The fourth-order valence-electron chi connectivity index (χ4n) is 2.56. The molecule has 1 fully saturated rings. The van der Waals surface area contributed by atoms with Gasteiger partial charge in [-0.3, -0.25) is 0 Å². The van der Waals surface area contributed by atoms with Crippen LogP contribution >= 0.6 is 0 Å². The number of aromatic nitrogens is 2. The van der Waals surface area contributed by atoms with Crippen molar-refractivity contribution in [3.8, 4) is 0 Å². The van der Waals surface area contributed by atoms with E-state index in [1.54, 1.807) is 0 Å². The number of unbranched alkanes of at least 4 members (excludes halogenated alkanes) is 1. The fourth-order valence-corrected chi connectivity index (χ4v) is 2.56. The molecule has 5 nitrogen and oxygen atoms in total. The minimum Gasteiger partial charge on any atom is -0.396 e. The predicted molar refractivity (Wildman–Crippen MR) is 79.2 cm³/mol. The van der Waals surface area contributed by atoms with E-state index in [9.17, 15) is 0 Å². The average molecular weight is 279 g/mol. The van der Waals surface area contributed by atoms with E-state index in [1.807, 2.05) is 6.92 Å². The Morgan fingerprint density at radius 2 is 2.25 bits per heavy atom. The summed E-state index contributed by atoms with van der Waals surface area (Å²) < 4.78 is 5.46. The molecular weight excluding hydrogens is 254 g/mol. The van der Waals surface area contributed by atoms with Crippen LogP contribution in [0.15, 0.2) is 6.07 Å². The van der Waals surface area contributed by atoms with Crippen LogP contribution in [0.4, 0.5) is 5.82 Å². The number of anilines is 1. The molecule has 0 radical (unpaired) electrons. The Labute approximate surface area is 121 Å². The highest BCUT2D eigenvalue weighted by molar-refractivity contribution is 5.40. The van der Waals surface area contributed by atoms with Crippen LogP contribution in [-0.2, 0) is 4.74 Å². The second kappa shape index (κ2) is 7.55. The number of aliphatic hydroxyl groups excluding tert-OH is 1. The van der Waals surface area contributed by atoms with Gasteiger partial charge in [0.05, 0.1) is 12.3 Å². The lowest BCUT2D eigenvalue weighted by molar-refractivity contribution is 0.193. The third-order valence-electron chi connectivity index (χ3n) is 3.73. The summed E-state index contributed by atoms with van der Waals surface area (Å²) in [5, 5.41) is 8.90. The van der Waals surface area contributed by atoms with E-state index < -0.39 is 0 Å². The molecule has 1 atom stereocenters. The molecule has 2 rings (SSSR count). The van der Waals surface area contributed by atoms with E-state index in [0.717, 1.165) is 62.9 Å². The highest BCUT2D eigenvalue weighted by Crippen LogP contribution is 2.26. The second-order valence-corrected chi connectivity index (χ2v) is 5.27. The number of hydrogen-bond acceptors (Lipinski definition) is 5. The molecule has 0 spiro atoms. The number of hydrogen-bond donors (Lipinski definition) is 1. The topological polar surface area (TPSA) is 58.5 Å². The average Bonchev–Trinajstić information content (AvgIpc) is 2.97. The van der Waals surface area contributed by atoms with Gasteiger partial charge in [-0.25, -0.2) is 9.97 Å². The van der Waals surface area contributed by atoms with E-state index in [1.165, 1.54) is 0 Å². The predicted octanol–water partition coefficient (Wildman–Crippen LogP) is 1.89. The van der Waals surface area contributed by atoms with Crippen LogP contribution in [-0.4, -0.2) is 48.0 Å². The first kappa shape index (κ1) is 15.2. The molecule has 1 aliphatic rings. The molecule has 1 aromatic rings. The maximum atomic E-state index is 8.90. The van der Waals surface area contributed by atoms with Crippen molar-refractivity contribution in [3.63, 3.8) is 0 Å². The lowest BCUT2D eigenvalue weighted by Crippen LogP contribution is -2.26. The van der Waals surface area contributed by atoms with Gasteiger partial charge < -0.3 is 14.7 Å². The maximum absolute atomic E-state index is 8.90. The Hall–Kier alpha value is -1.20. The van der Waals surface area contributed by atoms with E-state index >= 15 is 0 Å². The molecule has 112 valence electrons. The minimum atomic E-state index is 0.255. The molecule has 0 bridgehead atoms. The van der Waals surface area contributed by atoms with Crippen LogP contribution in [0, 0.1) is 6.92 Å². The number of nitrogens with zero attached hydrogens (tertiary/aromatic N) is 3. The van der Waals surface area contributed by atoms with E-state index in [0.29, 0.717) is 5.92 Å². The molecule has 1 saturated heterocycles. The van der Waals surface area contributed by atoms with Crippen molar-refractivity contribution < 1.29 is 9.84 Å². The van der Waals surface area contributed by atoms with Crippen molar-refractivity contribution in [2.75, 3.05) is 37.8 Å². The molecule has 5 heteroatoms. The van der Waals surface area contributed by atoms with E-state index in [-0.39, 0.29) is 6.61 Å². The molecular formula is C15H25N3O2. The summed E-state index contributed by atoms with van der Waals surface area (Å²) in [6.07, 6.45) is 2.87. The number of aryl methyl sites for hydroxylation is 1. The van der Waals surface area contributed by atoms with Crippen molar-refractivity contribution >= 4 is 5.82 Å². The first-order valence-corrected chi connectivity index (χ1v) is 7.53. The van der Waals surface area contributed by atoms with Crippen molar-refractivity contribution in [3.05, 3.63) is 17.6 Å². The summed E-state index contributed by atoms with van der Waals surface area (Å²) in [4.78, 5) is 11.4. The lowest BCUT2D eigenvalue weighted by Gasteiger charge is -2.23. The van der Waals surface area contributed by atoms with Gasteiger partial charge in [-0.15, -0.1) is 0 Å². The van der Waals surface area contributed by atoms with Crippen molar-refractivity contribution in [2.24, 2.45) is 0 Å². The maximum Gasteiger partial charge on any atom is 0.132 e. The second-order valence-electron chi connectivity index (χ2n) is 5.27. The summed E-state index contributed by atoms with van der Waals surface area (Å²) in [6.45, 7) is 7.78. The number of rotatable bonds is 7. The molecule has 2 heterocycles. The van der Waals surface area contributed by atoms with Crippen molar-refractivity contribution in [1.82, 2.24) is 9.97 Å². The summed E-state index contributed by atoms with van der Waals surface area (Å²) in [7, 11) is 0. The van der Waals surface area contributed by atoms with Gasteiger partial charge >= 0.3 is 0 Å². The third-order valence-corrected chi connectivity index (χ3v) is 3.73. The first-order chi connectivity index (χ1) is 9.74. The SMILES string of the molecule is CCN(CCCCO)c1cc([C@@H]2CCOC2)nc(C)n1. The molecule has 1 aromatic heterocycles. The van der Waals surface area contributed by atoms with Gasteiger partial charge in [0.25, 0.3) is 0 Å². The number of aliphatic hydroxyl groups is 1. The van der Waals surface area contributed by atoms with Crippen molar-refractivity contribution in [1.29, 1.82) is 0 Å². The molecule has 1 N–H and O–H groups in total. The van der Waals surface area contributed by atoms with Crippen LogP contribution in [0.3, 0.4) is 0 Å². The zero-order valence-corrected chi connectivity index (χ0v) is 12.5. The minimum absolute atomic E-state index is 0.255. The smallest absolute Gasteiger partial charge is 0.132 e. The summed E-state index contributed by atoms with van der Waals surface area (Å²) in [6, 6.07) is 2.11. The van der Waals surface area contributed by atoms with Crippen LogP contribution in [0.25, 0.3) is 0 Å². The molecule has 0 unspecified atom stereocenters. The zero-order valence-electron chi connectivity index (χ0n) is 12.5.